The van der Waals surface area contributed by atoms with E-state index in [0.29, 0.717) is 44.8 Å². The normalized spacial score (nSPS) is 22.5. The molecule has 2 fully saturated rings. The molecule has 0 bridgehead atoms. The van der Waals surface area contributed by atoms with E-state index >= 15 is 0 Å². The van der Waals surface area contributed by atoms with Gasteiger partial charge in [-0.05, 0) is 43.4 Å². The number of carbonyl (C=O) groups is 1. The molecule has 27 heavy (non-hydrogen) atoms. The van der Waals surface area contributed by atoms with E-state index < -0.39 is 15.8 Å². The number of rotatable bonds is 5. The van der Waals surface area contributed by atoms with Gasteiger partial charge in [0.2, 0.25) is 15.9 Å². The van der Waals surface area contributed by atoms with Crippen LogP contribution in [0, 0.1) is 18.7 Å². The Bertz CT molecular complexity index is 781. The maximum atomic E-state index is 13.6. The zero-order valence-corrected chi connectivity index (χ0v) is 16.3. The molecule has 2 aliphatic heterocycles. The van der Waals surface area contributed by atoms with Crippen LogP contribution >= 0.6 is 0 Å². The predicted molar refractivity (Wildman–Crippen MR) is 97.8 cm³/mol. The van der Waals surface area contributed by atoms with Crippen LogP contribution in [0.25, 0.3) is 0 Å². The summed E-state index contributed by atoms with van der Waals surface area (Å²) >= 11 is 0. The number of hydrogen-bond acceptors (Lipinski definition) is 5. The monoisotopic (exact) mass is 399 g/mol. The van der Waals surface area contributed by atoms with Crippen LogP contribution in [0.1, 0.15) is 24.8 Å². The number of ether oxygens (including phenoxy) is 1. The third-order valence-electron chi connectivity index (χ3n) is 5.02. The molecule has 0 saturated carbocycles. The summed E-state index contributed by atoms with van der Waals surface area (Å²) < 4.78 is 46.1. The van der Waals surface area contributed by atoms with E-state index in [4.69, 9.17) is 4.74 Å². The molecule has 9 heteroatoms. The van der Waals surface area contributed by atoms with E-state index in [1.54, 1.807) is 6.92 Å². The van der Waals surface area contributed by atoms with Gasteiger partial charge in [-0.2, -0.15) is 4.31 Å². The van der Waals surface area contributed by atoms with Gasteiger partial charge in [-0.3, -0.25) is 10.2 Å². The van der Waals surface area contributed by atoms with Crippen molar-refractivity contribution < 1.29 is 22.3 Å². The molecule has 1 aromatic carbocycles. The van der Waals surface area contributed by atoms with Crippen LogP contribution in [-0.2, 0) is 19.6 Å². The molecule has 0 aromatic heterocycles. The summed E-state index contributed by atoms with van der Waals surface area (Å²) in [6.07, 6.45) is 1.75. The predicted octanol–water partition coefficient (Wildman–Crippen LogP) is 1.29. The maximum Gasteiger partial charge on any atom is 0.243 e. The Morgan fingerprint density at radius 1 is 1.30 bits per heavy atom. The molecule has 7 nitrogen and oxygen atoms in total. The summed E-state index contributed by atoms with van der Waals surface area (Å²) in [5.41, 5.74) is 3.38. The second-order valence-corrected chi connectivity index (χ2v) is 9.03. The first kappa shape index (κ1) is 20.2. The molecular weight excluding hydrogens is 373 g/mol. The van der Waals surface area contributed by atoms with E-state index in [2.05, 4.69) is 5.43 Å². The molecule has 150 valence electrons. The first-order valence-electron chi connectivity index (χ1n) is 9.25. The first-order chi connectivity index (χ1) is 12.9. The zero-order chi connectivity index (χ0) is 19.4. The van der Waals surface area contributed by atoms with Crippen molar-refractivity contribution in [3.05, 3.63) is 29.6 Å². The zero-order valence-electron chi connectivity index (χ0n) is 15.5. The molecule has 1 aromatic rings. The van der Waals surface area contributed by atoms with Gasteiger partial charge in [0.25, 0.3) is 0 Å². The molecular formula is C18H26FN3O4S. The van der Waals surface area contributed by atoms with Crippen molar-refractivity contribution in [2.45, 2.75) is 31.1 Å². The topological polar surface area (TPSA) is 79.0 Å². The minimum absolute atomic E-state index is 0.000850. The molecule has 2 aliphatic rings. The number of nitrogens with one attached hydrogen (secondary N) is 1. The van der Waals surface area contributed by atoms with Gasteiger partial charge in [-0.25, -0.2) is 17.8 Å². The number of piperidine rings is 1. The van der Waals surface area contributed by atoms with E-state index in [1.807, 2.05) is 5.01 Å². The summed E-state index contributed by atoms with van der Waals surface area (Å²) in [6.45, 7) is 4.79. The first-order valence-corrected chi connectivity index (χ1v) is 10.7. The van der Waals surface area contributed by atoms with Crippen LogP contribution in [-0.4, -0.2) is 63.0 Å². The highest BCUT2D eigenvalue weighted by Gasteiger charge is 2.32. The highest BCUT2D eigenvalue weighted by molar-refractivity contribution is 7.89. The van der Waals surface area contributed by atoms with Gasteiger partial charge < -0.3 is 4.74 Å². The molecule has 2 saturated heterocycles. The Kier molecular flexibility index (Phi) is 6.46. The van der Waals surface area contributed by atoms with Crippen molar-refractivity contribution in [2.75, 3.05) is 39.4 Å². The summed E-state index contributed by atoms with van der Waals surface area (Å²) in [6, 6.07) is 3.79. The summed E-state index contributed by atoms with van der Waals surface area (Å²) in [4.78, 5) is 12.3. The van der Waals surface area contributed by atoms with E-state index in [9.17, 15) is 17.6 Å². The van der Waals surface area contributed by atoms with Gasteiger partial charge in [0.1, 0.15) is 5.82 Å². The molecule has 2 heterocycles. The summed E-state index contributed by atoms with van der Waals surface area (Å²) in [7, 11) is -3.78. The molecule has 3 rings (SSSR count). The molecule has 1 amide bonds. The fourth-order valence-corrected chi connectivity index (χ4v) is 5.35. The molecule has 0 radical (unpaired) electrons. The quantitative estimate of drug-likeness (QED) is 0.807. The second-order valence-electron chi connectivity index (χ2n) is 7.12. The standard InChI is InChI=1S/C18H26FN3O4S/c1-14-4-5-16(19)12-17(14)27(24,25)22-6-2-3-15(13-22)11-18(23)20-21-7-9-26-10-8-21/h4-5,12,15H,2-3,6-11,13H2,1H3,(H,20,23). The lowest BCUT2D eigenvalue weighted by Gasteiger charge is -2.33. The van der Waals surface area contributed by atoms with Gasteiger partial charge in [0.05, 0.1) is 18.1 Å². The summed E-state index contributed by atoms with van der Waals surface area (Å²) in [5, 5.41) is 1.83. The Morgan fingerprint density at radius 3 is 2.78 bits per heavy atom. The minimum Gasteiger partial charge on any atom is -0.379 e. The van der Waals surface area contributed by atoms with Crippen molar-refractivity contribution in [2.24, 2.45) is 5.92 Å². The van der Waals surface area contributed by atoms with E-state index in [-0.39, 0.29) is 29.7 Å². The van der Waals surface area contributed by atoms with Crippen LogP contribution in [0.3, 0.4) is 0 Å². The molecule has 1 unspecified atom stereocenters. The highest BCUT2D eigenvalue weighted by Crippen LogP contribution is 2.27. The number of nitrogens with zero attached hydrogens (tertiary/aromatic N) is 2. The van der Waals surface area contributed by atoms with Gasteiger partial charge in [0, 0.05) is 32.6 Å². The third kappa shape index (κ3) is 5.04. The third-order valence-corrected chi connectivity index (χ3v) is 7.02. The number of hydrazine groups is 1. The van der Waals surface area contributed by atoms with Crippen LogP contribution in [0.15, 0.2) is 23.1 Å². The average Bonchev–Trinajstić information content (AvgIpc) is 2.64. The van der Waals surface area contributed by atoms with Gasteiger partial charge in [-0.15, -0.1) is 0 Å². The number of hydrogen-bond donors (Lipinski definition) is 1. The Balaban J connectivity index is 1.63. The molecule has 1 N–H and O–H groups in total. The average molecular weight is 399 g/mol. The highest BCUT2D eigenvalue weighted by atomic mass is 32.2. The number of benzene rings is 1. The van der Waals surface area contributed by atoms with Gasteiger partial charge in [0.15, 0.2) is 0 Å². The van der Waals surface area contributed by atoms with Crippen LogP contribution < -0.4 is 5.43 Å². The number of halogens is 1. The molecule has 0 spiro atoms. The van der Waals surface area contributed by atoms with Crippen molar-refractivity contribution in [1.29, 1.82) is 0 Å². The van der Waals surface area contributed by atoms with Gasteiger partial charge in [-0.1, -0.05) is 6.07 Å². The Hall–Kier alpha value is -1.55. The fraction of sp³-hybridized carbons (Fsp3) is 0.611. The minimum atomic E-state index is -3.78. The van der Waals surface area contributed by atoms with Crippen molar-refractivity contribution in [3.63, 3.8) is 0 Å². The van der Waals surface area contributed by atoms with Gasteiger partial charge >= 0.3 is 0 Å². The lowest BCUT2D eigenvalue weighted by molar-refractivity contribution is -0.129. The lowest BCUT2D eigenvalue weighted by atomic mass is 9.96. The Labute approximate surface area is 159 Å². The molecule has 0 aliphatic carbocycles. The lowest BCUT2D eigenvalue weighted by Crippen LogP contribution is -2.49. The number of carbonyl (C=O) groups excluding carboxylic acids is 1. The molecule has 1 atom stereocenters. The smallest absolute Gasteiger partial charge is 0.243 e. The summed E-state index contributed by atoms with van der Waals surface area (Å²) in [5.74, 6) is -0.732. The Morgan fingerprint density at radius 2 is 2.04 bits per heavy atom. The maximum absolute atomic E-state index is 13.6. The SMILES string of the molecule is Cc1ccc(F)cc1S(=O)(=O)N1CCCC(CC(=O)NN2CCOCC2)C1. The number of amides is 1. The van der Waals surface area contributed by atoms with Crippen LogP contribution in [0.5, 0.6) is 0 Å². The number of aryl methyl sites for hydroxylation is 1. The van der Waals surface area contributed by atoms with Crippen LogP contribution in [0.2, 0.25) is 0 Å². The second kappa shape index (κ2) is 8.64. The van der Waals surface area contributed by atoms with E-state index in [1.165, 1.54) is 16.4 Å². The number of morpholine rings is 1. The van der Waals surface area contributed by atoms with Crippen molar-refractivity contribution in [1.82, 2.24) is 14.7 Å². The fourth-order valence-electron chi connectivity index (χ4n) is 3.56. The van der Waals surface area contributed by atoms with Crippen LogP contribution in [0.4, 0.5) is 4.39 Å². The van der Waals surface area contributed by atoms with Crippen molar-refractivity contribution in [3.8, 4) is 0 Å². The van der Waals surface area contributed by atoms with E-state index in [0.717, 1.165) is 12.5 Å². The number of sulfonamides is 1. The largest absolute Gasteiger partial charge is 0.379 e. The van der Waals surface area contributed by atoms with Crippen molar-refractivity contribution >= 4 is 15.9 Å².